The Morgan fingerprint density at radius 3 is 2.69 bits per heavy atom. The lowest BCUT2D eigenvalue weighted by molar-refractivity contribution is 0.101. The van der Waals surface area contributed by atoms with Crippen LogP contribution >= 0.6 is 0 Å². The van der Waals surface area contributed by atoms with E-state index in [1.165, 1.54) is 12.1 Å². The molecule has 0 N–H and O–H groups in total. The summed E-state index contributed by atoms with van der Waals surface area (Å²) in [5.74, 6) is -0.389. The van der Waals surface area contributed by atoms with Crippen LogP contribution in [-0.4, -0.2) is 17.5 Å². The fourth-order valence-corrected chi connectivity index (χ4v) is 3.46. The van der Waals surface area contributed by atoms with Gasteiger partial charge in [0.25, 0.3) is 0 Å². The first kappa shape index (κ1) is 17.4. The van der Waals surface area contributed by atoms with Gasteiger partial charge in [-0.2, -0.15) is 0 Å². The number of hydrogen-bond acceptors (Lipinski definition) is 5. The normalized spacial score (nSPS) is 16.3. The second-order valence-electron chi connectivity index (χ2n) is 6.71. The molecule has 2 aliphatic heterocycles. The lowest BCUT2D eigenvalue weighted by Crippen LogP contribution is -2.32. The number of carbonyl (C=O) groups excluding carboxylic acids is 1. The van der Waals surface area contributed by atoms with Crippen molar-refractivity contribution < 1.29 is 23.0 Å². The third kappa shape index (κ3) is 3.00. The number of allylic oxidation sites excluding steroid dienone is 1. The zero-order valence-electron chi connectivity index (χ0n) is 15.1. The van der Waals surface area contributed by atoms with Crippen molar-refractivity contribution in [2.45, 2.75) is 6.54 Å². The van der Waals surface area contributed by atoms with Crippen LogP contribution in [0.2, 0.25) is 0 Å². The number of fused-ring (bicyclic) bond motifs is 3. The van der Waals surface area contributed by atoms with Crippen molar-refractivity contribution in [3.05, 3.63) is 88.9 Å². The van der Waals surface area contributed by atoms with Gasteiger partial charge in [-0.3, -0.25) is 9.78 Å². The van der Waals surface area contributed by atoms with Gasteiger partial charge in [0.2, 0.25) is 5.78 Å². The molecular weight excluding hydrogens is 378 g/mol. The summed E-state index contributed by atoms with van der Waals surface area (Å²) in [5, 5.41) is 0. The molecule has 0 bridgehead atoms. The number of halogens is 2. The first-order valence-electron chi connectivity index (χ1n) is 8.93. The maximum Gasteiger partial charge on any atom is 0.231 e. The molecule has 5 nitrogen and oxygen atoms in total. The molecule has 0 saturated heterocycles. The first-order valence-corrected chi connectivity index (χ1v) is 8.93. The molecule has 29 heavy (non-hydrogen) atoms. The monoisotopic (exact) mass is 392 g/mol. The van der Waals surface area contributed by atoms with E-state index in [0.717, 1.165) is 11.6 Å². The van der Waals surface area contributed by atoms with Crippen LogP contribution in [0, 0.1) is 11.6 Å². The van der Waals surface area contributed by atoms with Crippen molar-refractivity contribution in [3.8, 4) is 11.5 Å². The molecule has 0 radical (unpaired) electrons. The predicted molar refractivity (Wildman–Crippen MR) is 102 cm³/mol. The smallest absolute Gasteiger partial charge is 0.231 e. The average Bonchev–Trinajstić information content (AvgIpc) is 3.04. The van der Waals surface area contributed by atoms with Crippen molar-refractivity contribution >= 4 is 17.5 Å². The molecule has 0 atom stereocenters. The number of benzene rings is 2. The minimum atomic E-state index is -0.681. The van der Waals surface area contributed by atoms with Gasteiger partial charge in [0.15, 0.2) is 12.5 Å². The molecule has 3 heterocycles. The van der Waals surface area contributed by atoms with Gasteiger partial charge in [-0.25, -0.2) is 8.78 Å². The Balaban J connectivity index is 1.50. The maximum absolute atomic E-state index is 14.2. The van der Waals surface area contributed by atoms with Crippen LogP contribution in [0.3, 0.4) is 0 Å². The van der Waals surface area contributed by atoms with E-state index in [1.54, 1.807) is 47.6 Å². The number of hydrogen-bond donors (Lipinski definition) is 0. The molecule has 2 aliphatic rings. The van der Waals surface area contributed by atoms with Gasteiger partial charge in [0, 0.05) is 18.5 Å². The number of pyridine rings is 1. The third-order valence-electron chi connectivity index (χ3n) is 4.88. The van der Waals surface area contributed by atoms with E-state index in [0.29, 0.717) is 22.6 Å². The minimum Gasteiger partial charge on any atom is -0.473 e. The fourth-order valence-electron chi connectivity index (χ4n) is 3.46. The van der Waals surface area contributed by atoms with Crippen LogP contribution in [0.5, 0.6) is 11.5 Å². The van der Waals surface area contributed by atoms with Crippen LogP contribution in [0.25, 0.3) is 6.08 Å². The zero-order chi connectivity index (χ0) is 20.0. The summed E-state index contributed by atoms with van der Waals surface area (Å²) in [6.07, 6.45) is 4.91. The zero-order valence-corrected chi connectivity index (χ0v) is 15.1. The number of aromatic nitrogens is 1. The Bertz CT molecular complexity index is 1160. The Hall–Kier alpha value is -3.74. The topological polar surface area (TPSA) is 51.7 Å². The molecule has 0 spiro atoms. The highest BCUT2D eigenvalue weighted by atomic mass is 19.1. The lowest BCUT2D eigenvalue weighted by Gasteiger charge is -2.31. The Labute approximate surface area is 164 Å². The standard InChI is InChI=1S/C22H14F2N2O3/c23-14-1-3-18(17(24)10-14)26-11-16-19(28-12-26)4-2-15-21(27)20(29-22(15)16)9-13-5-7-25-8-6-13/h1-10H,11-12H2. The highest BCUT2D eigenvalue weighted by Crippen LogP contribution is 2.42. The molecule has 2 aromatic carbocycles. The van der Waals surface area contributed by atoms with Gasteiger partial charge in [-0.15, -0.1) is 0 Å². The summed E-state index contributed by atoms with van der Waals surface area (Å²) < 4.78 is 39.1. The van der Waals surface area contributed by atoms with Gasteiger partial charge in [0.05, 0.1) is 23.4 Å². The number of rotatable bonds is 2. The van der Waals surface area contributed by atoms with Crippen molar-refractivity contribution in [2.75, 3.05) is 11.6 Å². The molecule has 0 aliphatic carbocycles. The third-order valence-corrected chi connectivity index (χ3v) is 4.88. The van der Waals surface area contributed by atoms with E-state index in [9.17, 15) is 13.6 Å². The summed E-state index contributed by atoms with van der Waals surface area (Å²) in [6, 6.07) is 10.3. The number of anilines is 1. The summed E-state index contributed by atoms with van der Waals surface area (Å²) >= 11 is 0. The van der Waals surface area contributed by atoms with Crippen molar-refractivity contribution in [1.82, 2.24) is 4.98 Å². The summed E-state index contributed by atoms with van der Waals surface area (Å²) in [5.41, 5.74) is 2.07. The van der Waals surface area contributed by atoms with Crippen LogP contribution < -0.4 is 14.4 Å². The van der Waals surface area contributed by atoms with Crippen LogP contribution in [0.4, 0.5) is 14.5 Å². The Morgan fingerprint density at radius 2 is 1.90 bits per heavy atom. The first-order chi connectivity index (χ1) is 14.1. The molecule has 7 heteroatoms. The second kappa shape index (κ2) is 6.70. The van der Waals surface area contributed by atoms with Gasteiger partial charge in [-0.1, -0.05) is 0 Å². The molecule has 1 aromatic heterocycles. The van der Waals surface area contributed by atoms with Crippen LogP contribution in [0.1, 0.15) is 21.5 Å². The van der Waals surface area contributed by atoms with Crippen molar-refractivity contribution in [3.63, 3.8) is 0 Å². The van der Waals surface area contributed by atoms with Crippen LogP contribution in [0.15, 0.2) is 60.6 Å². The van der Waals surface area contributed by atoms with E-state index in [2.05, 4.69) is 4.98 Å². The summed E-state index contributed by atoms with van der Waals surface area (Å²) in [7, 11) is 0. The number of ketones is 1. The Kier molecular flexibility index (Phi) is 4.01. The fraction of sp³-hybridized carbons (Fsp3) is 0.0909. The van der Waals surface area contributed by atoms with E-state index in [1.807, 2.05) is 0 Å². The molecule has 0 fully saturated rings. The van der Waals surface area contributed by atoms with Gasteiger partial charge in [-0.05, 0) is 48.0 Å². The van der Waals surface area contributed by atoms with Crippen LogP contribution in [-0.2, 0) is 6.54 Å². The Morgan fingerprint density at radius 1 is 1.07 bits per heavy atom. The predicted octanol–water partition coefficient (Wildman–Crippen LogP) is 4.33. The number of ether oxygens (including phenoxy) is 2. The van der Waals surface area contributed by atoms with Gasteiger partial charge < -0.3 is 14.4 Å². The lowest BCUT2D eigenvalue weighted by atomic mass is 10.0. The highest BCUT2D eigenvalue weighted by molar-refractivity contribution is 6.15. The number of Topliss-reactive ketones (excluding diaryl/α,β-unsaturated/α-hetero) is 1. The molecule has 0 amide bonds. The SMILES string of the molecule is O=C1C(=Cc2ccncc2)Oc2c1ccc1c2CN(c2ccc(F)cc2F)CO1. The molecular formula is C22H14F2N2O3. The van der Waals surface area contributed by atoms with E-state index < -0.39 is 11.6 Å². The number of carbonyl (C=O) groups is 1. The van der Waals surface area contributed by atoms with E-state index >= 15 is 0 Å². The molecule has 5 rings (SSSR count). The summed E-state index contributed by atoms with van der Waals surface area (Å²) in [6.45, 7) is 0.360. The number of nitrogens with zero attached hydrogens (tertiary/aromatic N) is 2. The van der Waals surface area contributed by atoms with Gasteiger partial charge in [0.1, 0.15) is 23.1 Å². The van der Waals surface area contributed by atoms with E-state index in [-0.39, 0.29) is 30.5 Å². The molecule has 0 unspecified atom stereocenters. The molecule has 3 aromatic rings. The van der Waals surface area contributed by atoms with Gasteiger partial charge >= 0.3 is 0 Å². The summed E-state index contributed by atoms with van der Waals surface area (Å²) in [4.78, 5) is 18.3. The quantitative estimate of drug-likeness (QED) is 0.608. The van der Waals surface area contributed by atoms with Crippen molar-refractivity contribution in [1.29, 1.82) is 0 Å². The maximum atomic E-state index is 14.2. The average molecular weight is 392 g/mol. The molecule has 144 valence electrons. The largest absolute Gasteiger partial charge is 0.473 e. The molecule has 0 saturated carbocycles. The second-order valence-corrected chi connectivity index (χ2v) is 6.71. The highest BCUT2D eigenvalue weighted by Gasteiger charge is 2.34. The van der Waals surface area contributed by atoms with E-state index in [4.69, 9.17) is 9.47 Å². The minimum absolute atomic E-state index is 0.0992. The van der Waals surface area contributed by atoms with Crippen molar-refractivity contribution in [2.24, 2.45) is 0 Å².